The molecule has 1 aromatic carbocycles. The summed E-state index contributed by atoms with van der Waals surface area (Å²) in [5.74, 6) is -0.599. The van der Waals surface area contributed by atoms with E-state index in [1.165, 1.54) is 6.92 Å². The first-order valence-corrected chi connectivity index (χ1v) is 5.15. The molecule has 0 unspecified atom stereocenters. The van der Waals surface area contributed by atoms with Gasteiger partial charge in [0, 0.05) is 5.69 Å². The second-order valence-corrected chi connectivity index (χ2v) is 3.73. The summed E-state index contributed by atoms with van der Waals surface area (Å²) < 4.78 is 41.4. The number of rotatable bonds is 2. The molecule has 0 spiro atoms. The summed E-state index contributed by atoms with van der Waals surface area (Å²) in [6, 6.07) is 4.07. The number of benzene rings is 1. The Morgan fingerprint density at radius 3 is 2.32 bits per heavy atom. The molecular formula is C11H8F3N3O2. The predicted octanol–water partition coefficient (Wildman–Crippen LogP) is 2.65. The number of aromatic nitrogens is 2. The largest absolute Gasteiger partial charge is 0.416 e. The van der Waals surface area contributed by atoms with Crippen LogP contribution in [0.3, 0.4) is 0 Å². The van der Waals surface area contributed by atoms with Crippen LogP contribution in [0.15, 0.2) is 28.9 Å². The normalized spacial score (nSPS) is 11.4. The van der Waals surface area contributed by atoms with E-state index >= 15 is 0 Å². The molecule has 19 heavy (non-hydrogen) atoms. The van der Waals surface area contributed by atoms with Crippen molar-refractivity contribution in [2.75, 3.05) is 5.32 Å². The third-order valence-corrected chi connectivity index (χ3v) is 2.34. The number of carbonyl (C=O) groups is 1. The quantitative estimate of drug-likeness (QED) is 0.911. The number of halogens is 3. The van der Waals surface area contributed by atoms with Gasteiger partial charge >= 0.3 is 6.18 Å². The molecule has 1 amide bonds. The van der Waals surface area contributed by atoms with E-state index in [1.54, 1.807) is 0 Å². The summed E-state index contributed by atoms with van der Waals surface area (Å²) in [5, 5.41) is 9.22. The van der Waals surface area contributed by atoms with Crippen molar-refractivity contribution in [3.8, 4) is 0 Å². The summed E-state index contributed by atoms with van der Waals surface area (Å²) in [6.45, 7) is 1.53. The Morgan fingerprint density at radius 1 is 1.21 bits per heavy atom. The Balaban J connectivity index is 2.12. The van der Waals surface area contributed by atoms with Crippen LogP contribution in [0.5, 0.6) is 0 Å². The van der Waals surface area contributed by atoms with Crippen LogP contribution < -0.4 is 5.32 Å². The van der Waals surface area contributed by atoms with Gasteiger partial charge in [0.2, 0.25) is 0 Å². The van der Waals surface area contributed by atoms with Crippen LogP contribution in [0.2, 0.25) is 0 Å². The van der Waals surface area contributed by atoms with Crippen LogP contribution in [-0.4, -0.2) is 16.2 Å². The highest BCUT2D eigenvalue weighted by Crippen LogP contribution is 2.29. The molecule has 1 aromatic heterocycles. The lowest BCUT2D eigenvalue weighted by Crippen LogP contribution is -2.14. The maximum absolute atomic E-state index is 12.3. The lowest BCUT2D eigenvalue weighted by atomic mass is 10.2. The number of hydrogen-bond donors (Lipinski definition) is 1. The zero-order chi connectivity index (χ0) is 14.0. The fraction of sp³-hybridized carbons (Fsp3) is 0.182. The van der Waals surface area contributed by atoms with Crippen molar-refractivity contribution in [1.29, 1.82) is 0 Å². The summed E-state index contributed by atoms with van der Waals surface area (Å²) in [7, 11) is 0. The molecule has 0 aliphatic rings. The first-order valence-electron chi connectivity index (χ1n) is 5.15. The van der Waals surface area contributed by atoms with Gasteiger partial charge in [-0.25, -0.2) is 4.63 Å². The lowest BCUT2D eigenvalue weighted by molar-refractivity contribution is -0.137. The molecule has 8 heteroatoms. The molecule has 0 radical (unpaired) electrons. The van der Waals surface area contributed by atoms with E-state index in [0.717, 1.165) is 24.3 Å². The van der Waals surface area contributed by atoms with Crippen LogP contribution >= 0.6 is 0 Å². The number of anilines is 1. The molecule has 0 atom stereocenters. The molecule has 0 fully saturated rings. The fourth-order valence-corrected chi connectivity index (χ4v) is 1.37. The summed E-state index contributed by atoms with van der Waals surface area (Å²) in [6.07, 6.45) is -4.41. The van der Waals surface area contributed by atoms with Crippen molar-refractivity contribution in [1.82, 2.24) is 10.3 Å². The molecule has 5 nitrogen and oxygen atoms in total. The van der Waals surface area contributed by atoms with Crippen molar-refractivity contribution in [3.63, 3.8) is 0 Å². The van der Waals surface area contributed by atoms with E-state index in [4.69, 9.17) is 0 Å². The molecule has 1 heterocycles. The van der Waals surface area contributed by atoms with Crippen LogP contribution in [0.25, 0.3) is 0 Å². The van der Waals surface area contributed by atoms with Crippen molar-refractivity contribution < 1.29 is 22.6 Å². The van der Waals surface area contributed by atoms with Crippen LogP contribution in [-0.2, 0) is 6.18 Å². The van der Waals surface area contributed by atoms with Gasteiger partial charge in [-0.2, -0.15) is 13.2 Å². The molecule has 0 aliphatic carbocycles. The molecule has 1 N–H and O–H groups in total. The van der Waals surface area contributed by atoms with Gasteiger partial charge in [0.1, 0.15) is 5.69 Å². The zero-order valence-electron chi connectivity index (χ0n) is 9.65. The maximum atomic E-state index is 12.3. The third kappa shape index (κ3) is 2.90. The van der Waals surface area contributed by atoms with Crippen LogP contribution in [0.4, 0.5) is 18.9 Å². The predicted molar refractivity (Wildman–Crippen MR) is 58.4 cm³/mol. The second-order valence-electron chi connectivity index (χ2n) is 3.73. The second kappa shape index (κ2) is 4.71. The Labute approximate surface area is 105 Å². The molecule has 0 saturated carbocycles. The van der Waals surface area contributed by atoms with E-state index in [1.807, 2.05) is 0 Å². The van der Waals surface area contributed by atoms with Crippen molar-refractivity contribution in [2.24, 2.45) is 0 Å². The monoisotopic (exact) mass is 271 g/mol. The van der Waals surface area contributed by atoms with Crippen molar-refractivity contribution in [2.45, 2.75) is 13.1 Å². The Hall–Kier alpha value is -2.38. The van der Waals surface area contributed by atoms with Gasteiger partial charge in [-0.3, -0.25) is 4.79 Å². The Bertz CT molecular complexity index is 590. The van der Waals surface area contributed by atoms with Crippen LogP contribution in [0, 0.1) is 6.92 Å². The molecule has 0 bridgehead atoms. The smallest absolute Gasteiger partial charge is 0.320 e. The third-order valence-electron chi connectivity index (χ3n) is 2.34. The van der Waals surface area contributed by atoms with Crippen LogP contribution in [0.1, 0.15) is 21.7 Å². The van der Waals surface area contributed by atoms with E-state index in [-0.39, 0.29) is 11.4 Å². The maximum Gasteiger partial charge on any atom is 0.416 e. The first kappa shape index (κ1) is 13.1. The van der Waals surface area contributed by atoms with Gasteiger partial charge in [0.25, 0.3) is 5.91 Å². The van der Waals surface area contributed by atoms with Gasteiger partial charge in [-0.1, -0.05) is 5.16 Å². The summed E-state index contributed by atoms with van der Waals surface area (Å²) >= 11 is 0. The number of hydrogen-bond acceptors (Lipinski definition) is 4. The SMILES string of the molecule is Cc1nonc1C(=O)Nc1ccc(C(F)(F)F)cc1. The molecule has 2 aromatic rings. The first-order chi connectivity index (χ1) is 8.88. The highest BCUT2D eigenvalue weighted by atomic mass is 19.4. The molecule has 100 valence electrons. The van der Waals surface area contributed by atoms with Crippen molar-refractivity contribution >= 4 is 11.6 Å². The minimum Gasteiger partial charge on any atom is -0.320 e. The lowest BCUT2D eigenvalue weighted by Gasteiger charge is -2.08. The Morgan fingerprint density at radius 2 is 1.84 bits per heavy atom. The topological polar surface area (TPSA) is 68.0 Å². The fourth-order valence-electron chi connectivity index (χ4n) is 1.37. The van der Waals surface area contributed by atoms with Crippen molar-refractivity contribution in [3.05, 3.63) is 41.2 Å². The standard InChI is InChI=1S/C11H8F3N3O2/c1-6-9(17-19-16-6)10(18)15-8-4-2-7(3-5-8)11(12,13)14/h2-5H,1H3,(H,15,18). The number of nitrogens with zero attached hydrogens (tertiary/aromatic N) is 2. The highest BCUT2D eigenvalue weighted by molar-refractivity contribution is 6.03. The minimum absolute atomic E-state index is 0.0140. The summed E-state index contributed by atoms with van der Waals surface area (Å²) in [5.41, 5.74) is -0.283. The number of alkyl halides is 3. The van der Waals surface area contributed by atoms with Gasteiger partial charge in [-0.05, 0) is 36.3 Å². The van der Waals surface area contributed by atoms with Gasteiger partial charge in [0.15, 0.2) is 5.69 Å². The molecule has 0 aliphatic heterocycles. The van der Waals surface area contributed by atoms with E-state index in [0.29, 0.717) is 5.69 Å². The average Bonchev–Trinajstić information content (AvgIpc) is 2.75. The highest BCUT2D eigenvalue weighted by Gasteiger charge is 2.30. The number of nitrogens with one attached hydrogen (secondary N) is 1. The van der Waals surface area contributed by atoms with E-state index < -0.39 is 17.6 Å². The molecule has 0 saturated heterocycles. The minimum atomic E-state index is -4.41. The van der Waals surface area contributed by atoms with E-state index in [2.05, 4.69) is 20.3 Å². The van der Waals surface area contributed by atoms with E-state index in [9.17, 15) is 18.0 Å². The zero-order valence-corrected chi connectivity index (χ0v) is 9.65. The van der Waals surface area contributed by atoms with Gasteiger partial charge < -0.3 is 5.32 Å². The van der Waals surface area contributed by atoms with Gasteiger partial charge in [-0.15, -0.1) is 0 Å². The Kier molecular flexibility index (Phi) is 3.24. The number of carbonyl (C=O) groups excluding carboxylic acids is 1. The van der Waals surface area contributed by atoms with Gasteiger partial charge in [0.05, 0.1) is 5.56 Å². The summed E-state index contributed by atoms with van der Waals surface area (Å²) in [4.78, 5) is 11.7. The molecular weight excluding hydrogens is 263 g/mol. The molecule has 2 rings (SSSR count). The number of aryl methyl sites for hydroxylation is 1. The average molecular weight is 271 g/mol. The number of amides is 1.